The zero-order valence-corrected chi connectivity index (χ0v) is 6.90. The molecule has 0 aliphatic rings. The predicted molar refractivity (Wildman–Crippen MR) is 44.0 cm³/mol. The maximum Gasteiger partial charge on any atom is 0.248 e. The Balaban J connectivity index is 0.00000121. The van der Waals surface area contributed by atoms with Crippen LogP contribution in [0.5, 0.6) is 0 Å². The van der Waals surface area contributed by atoms with E-state index in [-0.39, 0.29) is 16.7 Å². The normalized spacial score (nSPS) is 10.6. The van der Waals surface area contributed by atoms with Crippen molar-refractivity contribution < 1.29 is 10.1 Å². The molecule has 0 heterocycles. The Morgan fingerprint density at radius 3 is 2.25 bits per heavy atom. The maximum absolute atomic E-state index is 10.6. The molecule has 0 atom stereocenters. The van der Waals surface area contributed by atoms with Crippen LogP contribution in [-0.4, -0.2) is 10.1 Å². The summed E-state index contributed by atoms with van der Waals surface area (Å²) in [7, 11) is 0. The number of rotatable bonds is 1. The van der Waals surface area contributed by atoms with Crippen LogP contribution in [0.3, 0.4) is 0 Å². The smallest absolute Gasteiger partial charge is 0.248 e. The quantitative estimate of drug-likeness (QED) is 0.404. The predicted octanol–water partition coefficient (Wildman–Crippen LogP) is 2.49. The summed E-state index contributed by atoms with van der Waals surface area (Å²) in [6.45, 7) is 0. The van der Waals surface area contributed by atoms with Gasteiger partial charge in [-0.3, -0.25) is 0 Å². The molecule has 0 unspecified atom stereocenters. The van der Waals surface area contributed by atoms with E-state index in [1.54, 1.807) is 0 Å². The van der Waals surface area contributed by atoms with Gasteiger partial charge in [0.2, 0.25) is 11.0 Å². The SMILES string of the molecule is N.[O-]/[N+](=N\O)c1ccc(Cl)cc1. The molecule has 0 aromatic heterocycles. The Morgan fingerprint density at radius 2 is 1.83 bits per heavy atom. The van der Waals surface area contributed by atoms with E-state index in [2.05, 4.69) is 5.28 Å². The lowest BCUT2D eigenvalue weighted by Crippen LogP contribution is -1.88. The maximum atomic E-state index is 10.6. The van der Waals surface area contributed by atoms with Gasteiger partial charge in [-0.05, 0) is 17.0 Å². The van der Waals surface area contributed by atoms with Gasteiger partial charge in [0.25, 0.3) is 0 Å². The van der Waals surface area contributed by atoms with Crippen molar-refractivity contribution in [3.8, 4) is 0 Å². The molecular formula is C6H8ClN3O2. The molecule has 1 aromatic rings. The van der Waals surface area contributed by atoms with Gasteiger partial charge in [-0.1, -0.05) is 11.6 Å². The van der Waals surface area contributed by atoms with Crippen LogP contribution in [0.25, 0.3) is 0 Å². The summed E-state index contributed by atoms with van der Waals surface area (Å²) in [5, 5.41) is 21.6. The summed E-state index contributed by atoms with van der Waals surface area (Å²) >= 11 is 5.55. The minimum Gasteiger partial charge on any atom is -0.592 e. The van der Waals surface area contributed by atoms with Gasteiger partial charge in [0.15, 0.2) is 0 Å². The molecule has 0 spiro atoms. The third-order valence-corrected chi connectivity index (χ3v) is 1.38. The van der Waals surface area contributed by atoms with Gasteiger partial charge >= 0.3 is 0 Å². The van der Waals surface area contributed by atoms with E-state index in [1.807, 2.05) is 0 Å². The molecule has 5 nitrogen and oxygen atoms in total. The second kappa shape index (κ2) is 4.53. The van der Waals surface area contributed by atoms with E-state index in [1.165, 1.54) is 24.3 Å². The average molecular weight is 190 g/mol. The highest BCUT2D eigenvalue weighted by atomic mass is 35.5. The number of halogens is 1. The first-order chi connectivity index (χ1) is 5.24. The first-order valence-corrected chi connectivity index (χ1v) is 3.19. The second-order valence-electron chi connectivity index (χ2n) is 1.84. The van der Waals surface area contributed by atoms with Crippen molar-refractivity contribution in [1.82, 2.24) is 6.15 Å². The molecular weight excluding hydrogens is 182 g/mol. The molecule has 66 valence electrons. The molecule has 0 fully saturated rings. The van der Waals surface area contributed by atoms with E-state index in [4.69, 9.17) is 16.8 Å². The number of hydrogen-bond acceptors (Lipinski definition) is 3. The van der Waals surface area contributed by atoms with Crippen LogP contribution in [0, 0.1) is 5.21 Å². The van der Waals surface area contributed by atoms with Gasteiger partial charge in [0, 0.05) is 17.2 Å². The molecule has 6 heteroatoms. The summed E-state index contributed by atoms with van der Waals surface area (Å²) in [5.41, 5.74) is 0.233. The van der Waals surface area contributed by atoms with Crippen molar-refractivity contribution in [2.24, 2.45) is 5.28 Å². The Labute approximate surface area is 74.0 Å². The average Bonchev–Trinajstić information content (AvgIpc) is 2.05. The van der Waals surface area contributed by atoms with Crippen molar-refractivity contribution in [2.45, 2.75) is 0 Å². The molecule has 4 N–H and O–H groups in total. The zero-order valence-electron chi connectivity index (χ0n) is 6.14. The second-order valence-corrected chi connectivity index (χ2v) is 2.28. The molecule has 0 aliphatic heterocycles. The largest absolute Gasteiger partial charge is 0.592 e. The number of benzene rings is 1. The van der Waals surface area contributed by atoms with Crippen LogP contribution in [0.1, 0.15) is 0 Å². The number of hydrogen-bond donors (Lipinski definition) is 2. The van der Waals surface area contributed by atoms with Crippen molar-refractivity contribution in [3.05, 3.63) is 34.5 Å². The van der Waals surface area contributed by atoms with Gasteiger partial charge in [0.1, 0.15) is 0 Å². The van der Waals surface area contributed by atoms with Crippen molar-refractivity contribution in [1.29, 1.82) is 0 Å². The lowest BCUT2D eigenvalue weighted by atomic mass is 10.3. The fraction of sp³-hybridized carbons (Fsp3) is 0. The molecule has 0 aliphatic carbocycles. The van der Waals surface area contributed by atoms with Gasteiger partial charge in [-0.25, -0.2) is 0 Å². The lowest BCUT2D eigenvalue weighted by Gasteiger charge is -1.94. The van der Waals surface area contributed by atoms with E-state index >= 15 is 0 Å². The zero-order chi connectivity index (χ0) is 8.27. The number of nitrogens with zero attached hydrogens (tertiary/aromatic N) is 2. The monoisotopic (exact) mass is 189 g/mol. The lowest BCUT2D eigenvalue weighted by molar-refractivity contribution is -0.473. The summed E-state index contributed by atoms with van der Waals surface area (Å²) < 4.78 is 0. The highest BCUT2D eigenvalue weighted by Gasteiger charge is 2.00. The molecule has 12 heavy (non-hydrogen) atoms. The Hall–Kier alpha value is -1.33. The van der Waals surface area contributed by atoms with Crippen LogP contribution in [0.2, 0.25) is 5.02 Å². The highest BCUT2D eigenvalue weighted by molar-refractivity contribution is 6.30. The van der Waals surface area contributed by atoms with Crippen LogP contribution < -0.4 is 6.15 Å². The Bertz CT molecular complexity index is 273. The molecule has 0 amide bonds. The van der Waals surface area contributed by atoms with Crippen LogP contribution in [0.4, 0.5) is 5.69 Å². The van der Waals surface area contributed by atoms with Gasteiger partial charge < -0.3 is 16.6 Å². The van der Waals surface area contributed by atoms with E-state index in [9.17, 15) is 5.21 Å². The third kappa shape index (κ3) is 2.37. The topological polar surface area (TPSA) is 93.7 Å². The minimum atomic E-state index is 0. The molecule has 1 aromatic carbocycles. The van der Waals surface area contributed by atoms with Crippen LogP contribution >= 0.6 is 11.6 Å². The molecule has 0 saturated heterocycles. The summed E-state index contributed by atoms with van der Waals surface area (Å²) in [6, 6.07) is 5.98. The van der Waals surface area contributed by atoms with Crippen LogP contribution in [-0.2, 0) is 0 Å². The summed E-state index contributed by atoms with van der Waals surface area (Å²) in [4.78, 5) is 0.0936. The van der Waals surface area contributed by atoms with Gasteiger partial charge in [0.05, 0.1) is 0 Å². The first kappa shape index (κ1) is 10.7. The molecule has 0 saturated carbocycles. The molecule has 1 rings (SSSR count). The van der Waals surface area contributed by atoms with E-state index in [0.29, 0.717) is 5.02 Å². The fourth-order valence-corrected chi connectivity index (χ4v) is 0.746. The Morgan fingerprint density at radius 1 is 1.33 bits per heavy atom. The van der Waals surface area contributed by atoms with Crippen LogP contribution in [0.15, 0.2) is 29.5 Å². The van der Waals surface area contributed by atoms with Gasteiger partial charge in [-0.15, -0.1) is 0 Å². The van der Waals surface area contributed by atoms with Gasteiger partial charge in [-0.2, -0.15) is 0 Å². The van der Waals surface area contributed by atoms with Crippen molar-refractivity contribution >= 4 is 17.3 Å². The molecule has 0 bridgehead atoms. The molecule has 0 radical (unpaired) electrons. The minimum absolute atomic E-state index is 0. The third-order valence-electron chi connectivity index (χ3n) is 1.13. The summed E-state index contributed by atoms with van der Waals surface area (Å²) in [6.07, 6.45) is 0. The van der Waals surface area contributed by atoms with Crippen molar-refractivity contribution in [3.63, 3.8) is 0 Å². The van der Waals surface area contributed by atoms with Crippen molar-refractivity contribution in [2.75, 3.05) is 0 Å². The van der Waals surface area contributed by atoms with E-state index < -0.39 is 0 Å². The van der Waals surface area contributed by atoms with E-state index in [0.717, 1.165) is 0 Å². The summed E-state index contributed by atoms with van der Waals surface area (Å²) in [5.74, 6) is 0. The first-order valence-electron chi connectivity index (χ1n) is 2.82. The fourth-order valence-electron chi connectivity index (χ4n) is 0.620. The highest BCUT2D eigenvalue weighted by Crippen LogP contribution is 2.15. The standard InChI is InChI=1S/C6H5ClN2O2.H3N/c7-5-1-3-6(4-2-5)9(11)8-10;/h1-4,10H;1H3/b9-8-;. The Kier molecular flexibility index (Phi) is 4.03.